The molecule has 1 unspecified atom stereocenters. The average molecular weight is 491 g/mol. The Morgan fingerprint density at radius 3 is 2.33 bits per heavy atom. The van der Waals surface area contributed by atoms with E-state index in [1.165, 1.54) is 0 Å². The van der Waals surface area contributed by atoms with E-state index in [-0.39, 0.29) is 41.5 Å². The lowest BCUT2D eigenvalue weighted by molar-refractivity contribution is -0.0668. The maximum Gasteiger partial charge on any atom is 0.194 e. The Morgan fingerprint density at radius 2 is 1.85 bits per heavy atom. The minimum absolute atomic E-state index is 0. The van der Waals surface area contributed by atoms with E-state index >= 15 is 0 Å². The van der Waals surface area contributed by atoms with Crippen molar-refractivity contribution in [1.29, 1.82) is 0 Å². The first-order chi connectivity index (χ1) is 12.2. The van der Waals surface area contributed by atoms with Crippen molar-refractivity contribution in [1.82, 2.24) is 10.2 Å². The first-order valence-corrected chi connectivity index (χ1v) is 9.14. The molecule has 1 aromatic carbocycles. The number of likely N-dealkylation sites (tertiary alicyclic amines) is 1. The lowest BCUT2D eigenvalue weighted by atomic mass is 9.65. The van der Waals surface area contributed by atoms with Crippen molar-refractivity contribution in [2.24, 2.45) is 10.4 Å². The van der Waals surface area contributed by atoms with Crippen LogP contribution in [-0.4, -0.2) is 55.4 Å². The van der Waals surface area contributed by atoms with Gasteiger partial charge in [-0.1, -0.05) is 19.9 Å². The van der Waals surface area contributed by atoms with Crippen molar-refractivity contribution >= 4 is 29.9 Å². The van der Waals surface area contributed by atoms with Gasteiger partial charge in [-0.3, -0.25) is 4.99 Å². The smallest absolute Gasteiger partial charge is 0.194 e. The summed E-state index contributed by atoms with van der Waals surface area (Å²) in [5.41, 5.74) is 0.999. The molecule has 0 saturated carbocycles. The standard InChI is InChI=1S/C20H33N3O3.HI/c1-8-21-18(23-13-19(2,3)20(23,4)5)22-12-15(24)14-9-10-16(25-6)17(11-14)26-7;/h9-11,15,24H,8,12-13H2,1-7H3,(H,21,22);1H. The number of aliphatic hydroxyl groups excluding tert-OH is 1. The van der Waals surface area contributed by atoms with Gasteiger partial charge in [-0.05, 0) is 38.5 Å². The first kappa shape index (κ1) is 23.8. The molecule has 1 atom stereocenters. The lowest BCUT2D eigenvalue weighted by Crippen LogP contribution is -2.72. The fourth-order valence-corrected chi connectivity index (χ4v) is 3.13. The van der Waals surface area contributed by atoms with Crippen LogP contribution in [0.15, 0.2) is 23.2 Å². The molecule has 1 aliphatic rings. The zero-order chi connectivity index (χ0) is 19.5. The molecule has 0 radical (unpaired) electrons. The number of benzene rings is 1. The quantitative estimate of drug-likeness (QED) is 0.363. The average Bonchev–Trinajstić information content (AvgIpc) is 2.62. The van der Waals surface area contributed by atoms with Gasteiger partial charge in [0.1, 0.15) is 0 Å². The zero-order valence-electron chi connectivity index (χ0n) is 17.5. The molecule has 6 nitrogen and oxygen atoms in total. The molecule has 1 saturated heterocycles. The molecular weight excluding hydrogens is 457 g/mol. The number of guanidine groups is 1. The Balaban J connectivity index is 0.00000364. The summed E-state index contributed by atoms with van der Waals surface area (Å²) in [6.07, 6.45) is -0.708. The fourth-order valence-electron chi connectivity index (χ4n) is 3.13. The van der Waals surface area contributed by atoms with E-state index in [2.05, 4.69) is 49.8 Å². The van der Waals surface area contributed by atoms with Gasteiger partial charge in [-0.2, -0.15) is 0 Å². The normalized spacial score (nSPS) is 18.8. The second-order valence-corrected chi connectivity index (χ2v) is 7.85. The van der Waals surface area contributed by atoms with Gasteiger partial charge in [0.25, 0.3) is 0 Å². The third-order valence-corrected chi connectivity index (χ3v) is 5.68. The minimum atomic E-state index is -0.708. The van der Waals surface area contributed by atoms with Gasteiger partial charge in [0.15, 0.2) is 17.5 Å². The molecule has 0 aliphatic carbocycles. The molecular formula is C20H34IN3O3. The van der Waals surface area contributed by atoms with Crippen molar-refractivity contribution in [3.63, 3.8) is 0 Å². The van der Waals surface area contributed by atoms with E-state index in [4.69, 9.17) is 9.47 Å². The number of nitrogens with zero attached hydrogens (tertiary/aromatic N) is 2. The summed E-state index contributed by atoms with van der Waals surface area (Å²) in [5, 5.41) is 13.9. The number of hydrogen-bond acceptors (Lipinski definition) is 4. The molecule has 0 bridgehead atoms. The van der Waals surface area contributed by atoms with Gasteiger partial charge in [-0.25, -0.2) is 0 Å². The highest BCUT2D eigenvalue weighted by atomic mass is 127. The van der Waals surface area contributed by atoms with Crippen LogP contribution in [0.5, 0.6) is 11.5 Å². The van der Waals surface area contributed by atoms with Crippen LogP contribution < -0.4 is 14.8 Å². The number of halogens is 1. The van der Waals surface area contributed by atoms with E-state index in [1.54, 1.807) is 26.4 Å². The van der Waals surface area contributed by atoms with Crippen molar-refractivity contribution in [2.45, 2.75) is 46.3 Å². The van der Waals surface area contributed by atoms with Crippen LogP contribution in [0.1, 0.15) is 46.3 Å². The summed E-state index contributed by atoms with van der Waals surface area (Å²) in [5.74, 6) is 2.09. The summed E-state index contributed by atoms with van der Waals surface area (Å²) in [6.45, 7) is 13.1. The van der Waals surface area contributed by atoms with Crippen LogP contribution in [-0.2, 0) is 0 Å². The van der Waals surface area contributed by atoms with Crippen molar-refractivity contribution < 1.29 is 14.6 Å². The second-order valence-electron chi connectivity index (χ2n) is 7.85. The molecule has 0 amide bonds. The van der Waals surface area contributed by atoms with Crippen molar-refractivity contribution in [2.75, 3.05) is 33.9 Å². The Labute approximate surface area is 180 Å². The summed E-state index contributed by atoms with van der Waals surface area (Å²) in [6, 6.07) is 5.43. The number of aliphatic imine (C=N–C) groups is 1. The molecule has 1 heterocycles. The van der Waals surface area contributed by atoms with Gasteiger partial charge in [-0.15, -0.1) is 24.0 Å². The van der Waals surface area contributed by atoms with Crippen LogP contribution >= 0.6 is 24.0 Å². The number of methoxy groups -OCH3 is 2. The van der Waals surface area contributed by atoms with Crippen LogP contribution in [0, 0.1) is 5.41 Å². The maximum atomic E-state index is 10.6. The summed E-state index contributed by atoms with van der Waals surface area (Å²) >= 11 is 0. The Hall–Kier alpha value is -1.22. The van der Waals surface area contributed by atoms with Crippen LogP contribution in [0.25, 0.3) is 0 Å². The Kier molecular flexibility index (Phi) is 8.22. The predicted molar refractivity (Wildman–Crippen MR) is 120 cm³/mol. The monoisotopic (exact) mass is 491 g/mol. The maximum absolute atomic E-state index is 10.6. The molecule has 2 N–H and O–H groups in total. The minimum Gasteiger partial charge on any atom is -0.493 e. The van der Waals surface area contributed by atoms with Gasteiger partial charge in [0.2, 0.25) is 0 Å². The van der Waals surface area contributed by atoms with Gasteiger partial charge >= 0.3 is 0 Å². The molecule has 154 valence electrons. The van der Waals surface area contributed by atoms with Crippen molar-refractivity contribution in [3.8, 4) is 11.5 Å². The van der Waals surface area contributed by atoms with E-state index < -0.39 is 6.10 Å². The van der Waals surface area contributed by atoms with Crippen LogP contribution in [0.2, 0.25) is 0 Å². The number of ether oxygens (including phenoxy) is 2. The lowest BCUT2D eigenvalue weighted by Gasteiger charge is -2.62. The van der Waals surface area contributed by atoms with Crippen molar-refractivity contribution in [3.05, 3.63) is 23.8 Å². The largest absolute Gasteiger partial charge is 0.493 e. The van der Waals surface area contributed by atoms with Crippen LogP contribution in [0.3, 0.4) is 0 Å². The highest BCUT2D eigenvalue weighted by Gasteiger charge is 2.53. The molecule has 7 heteroatoms. The third-order valence-electron chi connectivity index (χ3n) is 5.68. The Bertz CT molecular complexity index is 662. The molecule has 27 heavy (non-hydrogen) atoms. The highest BCUT2D eigenvalue weighted by Crippen LogP contribution is 2.46. The number of rotatable bonds is 6. The highest BCUT2D eigenvalue weighted by molar-refractivity contribution is 14.0. The number of nitrogens with one attached hydrogen (secondary N) is 1. The molecule has 0 aromatic heterocycles. The van der Waals surface area contributed by atoms with Crippen LogP contribution in [0.4, 0.5) is 0 Å². The van der Waals surface area contributed by atoms with E-state index in [0.29, 0.717) is 11.5 Å². The molecule has 1 aliphatic heterocycles. The Morgan fingerprint density at radius 1 is 1.22 bits per heavy atom. The molecule has 2 rings (SSSR count). The van der Waals surface area contributed by atoms with E-state index in [0.717, 1.165) is 24.6 Å². The fraction of sp³-hybridized carbons (Fsp3) is 0.650. The van der Waals surface area contributed by atoms with Gasteiger partial charge in [0, 0.05) is 24.0 Å². The summed E-state index contributed by atoms with van der Waals surface area (Å²) in [7, 11) is 3.18. The predicted octanol–water partition coefficient (Wildman–Crippen LogP) is 3.44. The number of aliphatic hydroxyl groups is 1. The second kappa shape index (κ2) is 9.32. The zero-order valence-corrected chi connectivity index (χ0v) is 19.8. The SMILES string of the molecule is CCNC(=NCC(O)c1ccc(OC)c(OC)c1)N1CC(C)(C)C1(C)C.I. The van der Waals surface area contributed by atoms with Gasteiger partial charge < -0.3 is 24.8 Å². The van der Waals surface area contributed by atoms with Gasteiger partial charge in [0.05, 0.1) is 26.9 Å². The first-order valence-electron chi connectivity index (χ1n) is 9.14. The topological polar surface area (TPSA) is 66.3 Å². The number of hydrogen-bond donors (Lipinski definition) is 2. The van der Waals surface area contributed by atoms with E-state index in [1.807, 2.05) is 6.07 Å². The summed E-state index contributed by atoms with van der Waals surface area (Å²) in [4.78, 5) is 6.96. The molecule has 0 spiro atoms. The third kappa shape index (κ3) is 4.80. The molecule has 1 aromatic rings. The molecule has 1 fully saturated rings. The van der Waals surface area contributed by atoms with E-state index in [9.17, 15) is 5.11 Å². The summed E-state index contributed by atoms with van der Waals surface area (Å²) < 4.78 is 10.6.